The molecule has 0 saturated carbocycles. The van der Waals surface area contributed by atoms with Gasteiger partial charge in [0.2, 0.25) is 11.8 Å². The molecule has 0 radical (unpaired) electrons. The zero-order valence-corrected chi connectivity index (χ0v) is 14.8. The van der Waals surface area contributed by atoms with Gasteiger partial charge in [-0.1, -0.05) is 34.1 Å². The second-order valence-corrected chi connectivity index (χ2v) is 5.65. The lowest BCUT2D eigenvalue weighted by Gasteiger charge is -2.09. The first-order valence-corrected chi connectivity index (χ1v) is 8.53. The van der Waals surface area contributed by atoms with Crippen molar-refractivity contribution in [3.8, 4) is 5.88 Å². The summed E-state index contributed by atoms with van der Waals surface area (Å²) in [6.45, 7) is 3.42. The van der Waals surface area contributed by atoms with Crippen LogP contribution in [0.3, 0.4) is 0 Å². The van der Waals surface area contributed by atoms with Gasteiger partial charge in [0.1, 0.15) is 0 Å². The van der Waals surface area contributed by atoms with E-state index in [2.05, 4.69) is 20.9 Å². The molecular formula is C17H15BrN2O4. The molecule has 0 amide bonds. The highest BCUT2D eigenvalue weighted by atomic mass is 79.9. The van der Waals surface area contributed by atoms with E-state index in [1.54, 1.807) is 11.5 Å². The van der Waals surface area contributed by atoms with E-state index >= 15 is 0 Å². The van der Waals surface area contributed by atoms with Crippen LogP contribution in [0, 0.1) is 0 Å². The second-order valence-electron chi connectivity index (χ2n) is 5.09. The molecule has 2 heterocycles. The smallest absolute Gasteiger partial charge is 0.434 e. The van der Waals surface area contributed by atoms with Gasteiger partial charge >= 0.3 is 6.16 Å². The van der Waals surface area contributed by atoms with E-state index in [1.165, 1.54) is 13.1 Å². The van der Waals surface area contributed by atoms with Crippen LogP contribution in [0.2, 0.25) is 0 Å². The molecule has 24 heavy (non-hydrogen) atoms. The number of carbonyl (C=O) groups excluding carboxylic acids is 2. The molecule has 0 aliphatic heterocycles. The lowest BCUT2D eigenvalue weighted by molar-refractivity contribution is 0.0944. The van der Waals surface area contributed by atoms with Crippen LogP contribution < -0.4 is 4.74 Å². The quantitative estimate of drug-likeness (QED) is 0.492. The molecule has 2 aromatic heterocycles. The Morgan fingerprint density at radius 3 is 2.67 bits per heavy atom. The molecule has 7 heteroatoms. The predicted molar refractivity (Wildman–Crippen MR) is 93.8 cm³/mol. The molecule has 0 fully saturated rings. The normalized spacial score (nSPS) is 11.0. The van der Waals surface area contributed by atoms with E-state index in [1.807, 2.05) is 24.3 Å². The zero-order valence-electron chi connectivity index (χ0n) is 13.2. The summed E-state index contributed by atoms with van der Waals surface area (Å²) in [4.78, 5) is 27.9. The Hall–Kier alpha value is -2.41. The Morgan fingerprint density at radius 2 is 2.00 bits per heavy atom. The molecule has 0 bridgehead atoms. The standard InChI is InChI=1S/C17H15BrN2O4/c1-3-23-17(22)24-16-12(8-18)15-11-6-4-5-7-13(11)20(10(2)21)14(15)9-19-16/h4-7,9H,3,8H2,1-2H3. The fourth-order valence-electron chi connectivity index (χ4n) is 2.78. The maximum Gasteiger partial charge on any atom is 0.515 e. The van der Waals surface area contributed by atoms with Gasteiger partial charge < -0.3 is 9.47 Å². The summed E-state index contributed by atoms with van der Waals surface area (Å²) in [5, 5.41) is 2.14. The number of fused-ring (bicyclic) bond motifs is 3. The van der Waals surface area contributed by atoms with Crippen LogP contribution in [0.15, 0.2) is 30.5 Å². The molecule has 6 nitrogen and oxygen atoms in total. The first-order valence-electron chi connectivity index (χ1n) is 7.41. The van der Waals surface area contributed by atoms with Crippen molar-refractivity contribution in [2.45, 2.75) is 19.2 Å². The topological polar surface area (TPSA) is 70.4 Å². The average Bonchev–Trinajstić information content (AvgIpc) is 2.89. The van der Waals surface area contributed by atoms with Gasteiger partial charge in [-0.25, -0.2) is 9.78 Å². The molecule has 0 spiro atoms. The van der Waals surface area contributed by atoms with Gasteiger partial charge in [-0.15, -0.1) is 0 Å². The Kier molecular flexibility index (Phi) is 4.53. The maximum absolute atomic E-state index is 12.1. The van der Waals surface area contributed by atoms with Crippen LogP contribution in [-0.2, 0) is 10.1 Å². The van der Waals surface area contributed by atoms with Gasteiger partial charge in [-0.3, -0.25) is 9.36 Å². The van der Waals surface area contributed by atoms with Gasteiger partial charge in [-0.05, 0) is 13.0 Å². The molecule has 0 aliphatic carbocycles. The minimum atomic E-state index is -0.804. The third kappa shape index (κ3) is 2.65. The molecule has 0 aliphatic rings. The number of halogens is 1. The molecule has 3 rings (SSSR count). The van der Waals surface area contributed by atoms with Crippen LogP contribution >= 0.6 is 15.9 Å². The van der Waals surface area contributed by atoms with E-state index < -0.39 is 6.16 Å². The first kappa shape index (κ1) is 16.4. The molecule has 1 aromatic carbocycles. The molecule has 0 saturated heterocycles. The minimum Gasteiger partial charge on any atom is -0.434 e. The number of benzene rings is 1. The van der Waals surface area contributed by atoms with E-state index in [-0.39, 0.29) is 18.4 Å². The number of para-hydroxylation sites is 1. The number of pyridine rings is 1. The third-order valence-corrected chi connectivity index (χ3v) is 4.23. The van der Waals surface area contributed by atoms with Gasteiger partial charge in [0.15, 0.2) is 0 Å². The van der Waals surface area contributed by atoms with Crippen LogP contribution in [0.25, 0.3) is 21.8 Å². The van der Waals surface area contributed by atoms with Crippen molar-refractivity contribution < 1.29 is 19.1 Å². The number of rotatable bonds is 3. The number of ether oxygens (including phenoxy) is 2. The van der Waals surface area contributed by atoms with E-state index in [9.17, 15) is 9.59 Å². The van der Waals surface area contributed by atoms with Crippen molar-refractivity contribution in [1.82, 2.24) is 9.55 Å². The summed E-state index contributed by atoms with van der Waals surface area (Å²) in [6, 6.07) is 7.58. The van der Waals surface area contributed by atoms with Gasteiger partial charge in [0, 0.05) is 28.6 Å². The molecular weight excluding hydrogens is 376 g/mol. The highest BCUT2D eigenvalue weighted by Crippen LogP contribution is 2.36. The van der Waals surface area contributed by atoms with Crippen molar-refractivity contribution in [2.75, 3.05) is 6.61 Å². The van der Waals surface area contributed by atoms with Gasteiger partial charge in [-0.2, -0.15) is 0 Å². The average molecular weight is 391 g/mol. The van der Waals surface area contributed by atoms with Gasteiger partial charge in [0.05, 0.1) is 23.8 Å². The highest BCUT2D eigenvalue weighted by molar-refractivity contribution is 9.08. The molecule has 3 aromatic rings. The van der Waals surface area contributed by atoms with Gasteiger partial charge in [0.25, 0.3) is 0 Å². The number of aromatic nitrogens is 2. The number of alkyl halides is 1. The predicted octanol–water partition coefficient (Wildman–Crippen LogP) is 4.28. The van der Waals surface area contributed by atoms with E-state index in [4.69, 9.17) is 9.47 Å². The maximum atomic E-state index is 12.1. The minimum absolute atomic E-state index is 0.109. The molecule has 0 atom stereocenters. The summed E-state index contributed by atoms with van der Waals surface area (Å²) < 4.78 is 11.6. The monoisotopic (exact) mass is 390 g/mol. The van der Waals surface area contributed by atoms with Crippen LogP contribution in [0.5, 0.6) is 5.88 Å². The fourth-order valence-corrected chi connectivity index (χ4v) is 3.30. The lowest BCUT2D eigenvalue weighted by Crippen LogP contribution is -2.12. The van der Waals surface area contributed by atoms with Crippen LogP contribution in [0.1, 0.15) is 24.2 Å². The Labute approximate surface area is 146 Å². The van der Waals surface area contributed by atoms with Crippen molar-refractivity contribution in [3.63, 3.8) is 0 Å². The molecule has 124 valence electrons. The van der Waals surface area contributed by atoms with E-state index in [0.717, 1.165) is 16.3 Å². The highest BCUT2D eigenvalue weighted by Gasteiger charge is 2.21. The fraction of sp³-hybridized carbons (Fsp3) is 0.235. The number of hydrogen-bond acceptors (Lipinski definition) is 5. The Bertz CT molecular complexity index is 949. The first-order chi connectivity index (χ1) is 11.6. The summed E-state index contributed by atoms with van der Waals surface area (Å²) in [5.41, 5.74) is 2.16. The van der Waals surface area contributed by atoms with Crippen molar-refractivity contribution in [2.24, 2.45) is 0 Å². The van der Waals surface area contributed by atoms with Crippen molar-refractivity contribution in [3.05, 3.63) is 36.0 Å². The van der Waals surface area contributed by atoms with Crippen molar-refractivity contribution >= 4 is 49.8 Å². The summed E-state index contributed by atoms with van der Waals surface area (Å²) >= 11 is 3.42. The molecule has 0 unspecified atom stereocenters. The Balaban J connectivity index is 2.31. The second kappa shape index (κ2) is 6.60. The third-order valence-electron chi connectivity index (χ3n) is 3.67. The molecule has 0 N–H and O–H groups in total. The van der Waals surface area contributed by atoms with E-state index in [0.29, 0.717) is 16.4 Å². The largest absolute Gasteiger partial charge is 0.515 e. The zero-order chi connectivity index (χ0) is 17.3. The summed E-state index contributed by atoms with van der Waals surface area (Å²) in [7, 11) is 0. The number of nitrogens with zero attached hydrogens (tertiary/aromatic N) is 2. The number of hydrogen-bond donors (Lipinski definition) is 0. The number of carbonyl (C=O) groups is 2. The Morgan fingerprint density at radius 1 is 1.25 bits per heavy atom. The summed E-state index contributed by atoms with van der Waals surface area (Å²) in [6.07, 6.45) is 0.735. The van der Waals surface area contributed by atoms with Crippen LogP contribution in [0.4, 0.5) is 4.79 Å². The van der Waals surface area contributed by atoms with Crippen molar-refractivity contribution in [1.29, 1.82) is 0 Å². The van der Waals surface area contributed by atoms with Crippen LogP contribution in [-0.4, -0.2) is 28.2 Å². The SMILES string of the molecule is CCOC(=O)Oc1ncc2c(c1CBr)c1ccccc1n2C(C)=O. The lowest BCUT2D eigenvalue weighted by atomic mass is 10.1. The summed E-state index contributed by atoms with van der Waals surface area (Å²) in [5.74, 6) is 0.0619.